The molecule has 24 heavy (non-hydrogen) atoms. The summed E-state index contributed by atoms with van der Waals surface area (Å²) in [7, 11) is -3.51. The van der Waals surface area contributed by atoms with Gasteiger partial charge in [-0.15, -0.1) is 0 Å². The molecule has 0 spiro atoms. The number of benzene rings is 1. The van der Waals surface area contributed by atoms with E-state index in [1.807, 2.05) is 17.0 Å². The number of carbonyl (C=O) groups is 1. The molecule has 1 aliphatic rings. The molecule has 0 atom stereocenters. The van der Waals surface area contributed by atoms with Crippen LogP contribution in [0.1, 0.15) is 45.6 Å². The second kappa shape index (κ2) is 8.01. The van der Waals surface area contributed by atoms with Crippen LogP contribution in [0.5, 0.6) is 5.75 Å². The predicted molar refractivity (Wildman–Crippen MR) is 94.1 cm³/mol. The Balaban J connectivity index is 2.04. The van der Waals surface area contributed by atoms with Crippen molar-refractivity contribution < 1.29 is 17.4 Å². The molecule has 0 aliphatic heterocycles. The maximum absolute atomic E-state index is 12.6. The van der Waals surface area contributed by atoms with Gasteiger partial charge in [-0.3, -0.25) is 4.79 Å². The number of hydrogen-bond acceptors (Lipinski definition) is 4. The van der Waals surface area contributed by atoms with E-state index >= 15 is 0 Å². The molecule has 5 nitrogen and oxygen atoms in total. The summed E-state index contributed by atoms with van der Waals surface area (Å²) in [4.78, 5) is 14.5. The predicted octanol–water partition coefficient (Wildman–Crippen LogP) is 3.20. The Bertz CT molecular complexity index is 648. The van der Waals surface area contributed by atoms with Crippen molar-refractivity contribution in [1.82, 2.24) is 4.90 Å². The first kappa shape index (κ1) is 18.8. The van der Waals surface area contributed by atoms with Crippen LogP contribution in [0.15, 0.2) is 24.3 Å². The van der Waals surface area contributed by atoms with Gasteiger partial charge in [-0.25, -0.2) is 0 Å². The largest absolute Gasteiger partial charge is 0.382 e. The van der Waals surface area contributed by atoms with Crippen molar-refractivity contribution in [2.75, 3.05) is 12.3 Å². The van der Waals surface area contributed by atoms with Crippen molar-refractivity contribution in [3.8, 4) is 5.75 Å². The van der Waals surface area contributed by atoms with Gasteiger partial charge in [0.2, 0.25) is 5.91 Å². The van der Waals surface area contributed by atoms with Gasteiger partial charge in [-0.1, -0.05) is 32.4 Å². The molecule has 0 radical (unpaired) electrons. The minimum atomic E-state index is -3.51. The van der Waals surface area contributed by atoms with Crippen LogP contribution in [-0.4, -0.2) is 31.5 Å². The molecule has 1 aromatic carbocycles. The Kier molecular flexibility index (Phi) is 6.27. The van der Waals surface area contributed by atoms with E-state index in [0.717, 1.165) is 31.4 Å². The molecule has 1 aromatic rings. The second-order valence-corrected chi connectivity index (χ2v) is 8.67. The van der Waals surface area contributed by atoms with E-state index in [1.54, 1.807) is 19.1 Å². The van der Waals surface area contributed by atoms with Gasteiger partial charge < -0.3 is 9.08 Å². The standard InChI is InChI=1S/C18H27NO4S/c1-4-24(21,22)23-17-10-8-15(9-11-17)13-19(12-14(2)3)18(20)16-6-5-7-16/h8-11,14,16H,4-7,12-13H2,1-3H3. The second-order valence-electron chi connectivity index (χ2n) is 6.81. The average Bonchev–Trinajstić information content (AvgIpc) is 2.46. The molecule has 1 fully saturated rings. The molecule has 134 valence electrons. The summed E-state index contributed by atoms with van der Waals surface area (Å²) in [6.07, 6.45) is 3.13. The van der Waals surface area contributed by atoms with E-state index in [0.29, 0.717) is 18.2 Å². The van der Waals surface area contributed by atoms with Crippen LogP contribution in [0.25, 0.3) is 0 Å². The highest BCUT2D eigenvalue weighted by atomic mass is 32.2. The van der Waals surface area contributed by atoms with Gasteiger partial charge >= 0.3 is 10.1 Å². The third-order valence-electron chi connectivity index (χ3n) is 4.23. The number of rotatable bonds is 8. The van der Waals surface area contributed by atoms with Gasteiger partial charge in [0, 0.05) is 19.0 Å². The number of amides is 1. The van der Waals surface area contributed by atoms with Gasteiger partial charge in [0.25, 0.3) is 0 Å². The maximum Gasteiger partial charge on any atom is 0.308 e. The Morgan fingerprint density at radius 3 is 2.33 bits per heavy atom. The topological polar surface area (TPSA) is 63.7 Å². The fourth-order valence-corrected chi connectivity index (χ4v) is 3.19. The minimum Gasteiger partial charge on any atom is -0.382 e. The van der Waals surface area contributed by atoms with Crippen molar-refractivity contribution in [2.45, 2.75) is 46.6 Å². The first-order valence-electron chi connectivity index (χ1n) is 8.60. The van der Waals surface area contributed by atoms with Gasteiger partial charge in [0.15, 0.2) is 0 Å². The smallest absolute Gasteiger partial charge is 0.308 e. The van der Waals surface area contributed by atoms with Gasteiger partial charge in [-0.2, -0.15) is 8.42 Å². The van der Waals surface area contributed by atoms with Crippen LogP contribution in [0.3, 0.4) is 0 Å². The lowest BCUT2D eigenvalue weighted by atomic mass is 9.84. The summed E-state index contributed by atoms with van der Waals surface area (Å²) < 4.78 is 27.9. The first-order valence-corrected chi connectivity index (χ1v) is 10.2. The van der Waals surface area contributed by atoms with Crippen molar-refractivity contribution in [3.63, 3.8) is 0 Å². The summed E-state index contributed by atoms with van der Waals surface area (Å²) in [5.41, 5.74) is 0.976. The monoisotopic (exact) mass is 353 g/mol. The maximum atomic E-state index is 12.6. The SMILES string of the molecule is CCS(=O)(=O)Oc1ccc(CN(CC(C)C)C(=O)C2CCC2)cc1. The van der Waals surface area contributed by atoms with Crippen molar-refractivity contribution in [2.24, 2.45) is 11.8 Å². The lowest BCUT2D eigenvalue weighted by Gasteiger charge is -2.32. The highest BCUT2D eigenvalue weighted by Crippen LogP contribution is 2.29. The number of nitrogens with zero attached hydrogens (tertiary/aromatic N) is 1. The molecule has 0 bridgehead atoms. The molecule has 0 N–H and O–H groups in total. The molecule has 6 heteroatoms. The van der Waals surface area contributed by atoms with Crippen LogP contribution >= 0.6 is 0 Å². The highest BCUT2D eigenvalue weighted by Gasteiger charge is 2.29. The summed E-state index contributed by atoms with van der Waals surface area (Å²) in [6, 6.07) is 6.93. The summed E-state index contributed by atoms with van der Waals surface area (Å²) in [6.45, 7) is 7.03. The summed E-state index contributed by atoms with van der Waals surface area (Å²) in [5, 5.41) is 0. The molecule has 2 rings (SSSR count). The third kappa shape index (κ3) is 5.23. The fraction of sp³-hybridized carbons (Fsp3) is 0.611. The number of hydrogen-bond donors (Lipinski definition) is 0. The van der Waals surface area contributed by atoms with Crippen molar-refractivity contribution in [1.29, 1.82) is 0 Å². The van der Waals surface area contributed by atoms with Gasteiger partial charge in [0.1, 0.15) is 5.75 Å². The zero-order valence-electron chi connectivity index (χ0n) is 14.7. The molecule has 0 aromatic heterocycles. The van der Waals surface area contributed by atoms with Gasteiger partial charge in [-0.05, 0) is 43.4 Å². The van der Waals surface area contributed by atoms with E-state index in [9.17, 15) is 13.2 Å². The molecular formula is C18H27NO4S. The normalized spacial score (nSPS) is 15.2. The lowest BCUT2D eigenvalue weighted by Crippen LogP contribution is -2.40. The quantitative estimate of drug-likeness (QED) is 0.673. The van der Waals surface area contributed by atoms with Crippen LogP contribution in [0, 0.1) is 11.8 Å². The molecule has 0 saturated heterocycles. The van der Waals surface area contributed by atoms with Crippen LogP contribution < -0.4 is 4.18 Å². The zero-order chi connectivity index (χ0) is 17.7. The Hall–Kier alpha value is -1.56. The lowest BCUT2D eigenvalue weighted by molar-refractivity contribution is -0.139. The van der Waals surface area contributed by atoms with Crippen molar-refractivity contribution >= 4 is 16.0 Å². The summed E-state index contributed by atoms with van der Waals surface area (Å²) >= 11 is 0. The minimum absolute atomic E-state index is 0.0627. The molecular weight excluding hydrogens is 326 g/mol. The average molecular weight is 353 g/mol. The highest BCUT2D eigenvalue weighted by molar-refractivity contribution is 7.87. The van der Waals surface area contributed by atoms with E-state index in [4.69, 9.17) is 4.18 Å². The molecule has 0 unspecified atom stereocenters. The fourth-order valence-electron chi connectivity index (χ4n) is 2.66. The number of carbonyl (C=O) groups excluding carboxylic acids is 1. The molecule has 1 saturated carbocycles. The van der Waals surface area contributed by atoms with E-state index in [2.05, 4.69) is 13.8 Å². The van der Waals surface area contributed by atoms with E-state index in [1.165, 1.54) is 0 Å². The molecule has 1 amide bonds. The zero-order valence-corrected chi connectivity index (χ0v) is 15.5. The van der Waals surface area contributed by atoms with Crippen LogP contribution in [-0.2, 0) is 21.5 Å². The van der Waals surface area contributed by atoms with E-state index in [-0.39, 0.29) is 17.6 Å². The molecule has 1 aliphatic carbocycles. The Labute approximate surface area is 145 Å². The Morgan fingerprint density at radius 1 is 1.25 bits per heavy atom. The van der Waals surface area contributed by atoms with Crippen LogP contribution in [0.4, 0.5) is 0 Å². The van der Waals surface area contributed by atoms with Crippen LogP contribution in [0.2, 0.25) is 0 Å². The first-order chi connectivity index (χ1) is 11.3. The Morgan fingerprint density at radius 2 is 1.88 bits per heavy atom. The summed E-state index contributed by atoms with van der Waals surface area (Å²) in [5.74, 6) is 1.07. The van der Waals surface area contributed by atoms with Gasteiger partial charge in [0.05, 0.1) is 5.75 Å². The molecule has 0 heterocycles. The van der Waals surface area contributed by atoms with Crippen molar-refractivity contribution in [3.05, 3.63) is 29.8 Å². The van der Waals surface area contributed by atoms with E-state index < -0.39 is 10.1 Å². The third-order valence-corrected chi connectivity index (χ3v) is 5.38.